The van der Waals surface area contributed by atoms with Gasteiger partial charge in [0.2, 0.25) is 0 Å². The first-order valence-corrected chi connectivity index (χ1v) is 5.03. The molecule has 2 aliphatic rings. The second-order valence-corrected chi connectivity index (χ2v) is 3.90. The molecule has 2 heterocycles. The first-order chi connectivity index (χ1) is 6.90. The number of nitrogens with zero attached hydrogens (tertiary/aromatic N) is 1. The largest absolute Gasteiger partial charge is 0.497 e. The average Bonchev–Trinajstić information content (AvgIpc) is 2.72. The summed E-state index contributed by atoms with van der Waals surface area (Å²) in [5.74, 6) is 0.930. The molecule has 2 saturated heterocycles. The Kier molecular flexibility index (Phi) is 1.67. The zero-order chi connectivity index (χ0) is 9.54. The highest BCUT2D eigenvalue weighted by Crippen LogP contribution is 2.37. The lowest BCUT2D eigenvalue weighted by atomic mass is 10.3. The van der Waals surface area contributed by atoms with Crippen LogP contribution in [0.25, 0.3) is 0 Å². The summed E-state index contributed by atoms with van der Waals surface area (Å²) in [6, 6.07) is 9.80. The summed E-state index contributed by atoms with van der Waals surface area (Å²) in [6.07, 6.45) is 0. The predicted molar refractivity (Wildman–Crippen MR) is 55.9 cm³/mol. The summed E-state index contributed by atoms with van der Waals surface area (Å²) in [5.41, 5.74) is 1.32. The molecule has 2 atom stereocenters. The van der Waals surface area contributed by atoms with Gasteiger partial charge >= 0.3 is 0 Å². The van der Waals surface area contributed by atoms with Crippen LogP contribution in [0, 0.1) is 0 Å². The Hall–Kier alpha value is -1.22. The first-order valence-electron chi connectivity index (χ1n) is 5.03. The number of hydrogen-bond acceptors (Lipinski definition) is 3. The van der Waals surface area contributed by atoms with Gasteiger partial charge in [-0.3, -0.25) is 0 Å². The van der Waals surface area contributed by atoms with E-state index in [9.17, 15) is 0 Å². The second kappa shape index (κ2) is 2.89. The molecule has 0 radical (unpaired) electrons. The normalized spacial score (nSPS) is 28.8. The molecule has 0 aliphatic carbocycles. The summed E-state index contributed by atoms with van der Waals surface area (Å²) in [6.45, 7) is 2.27. The van der Waals surface area contributed by atoms with Crippen LogP contribution in [0.3, 0.4) is 0 Å². The molecule has 2 aliphatic heterocycles. The molecule has 3 heteroatoms. The Morgan fingerprint density at radius 1 is 1.21 bits per heavy atom. The third-order valence-corrected chi connectivity index (χ3v) is 3.15. The van der Waals surface area contributed by atoms with Crippen molar-refractivity contribution < 1.29 is 4.74 Å². The fourth-order valence-electron chi connectivity index (χ4n) is 2.32. The van der Waals surface area contributed by atoms with Crippen LogP contribution >= 0.6 is 0 Å². The highest BCUT2D eigenvalue weighted by molar-refractivity contribution is 5.59. The molecule has 0 amide bonds. The molecule has 1 aromatic rings. The molecule has 0 saturated carbocycles. The van der Waals surface area contributed by atoms with Gasteiger partial charge in [-0.2, -0.15) is 0 Å². The summed E-state index contributed by atoms with van der Waals surface area (Å²) < 4.78 is 5.13. The summed E-state index contributed by atoms with van der Waals surface area (Å²) in [4.78, 5) is 2.47. The van der Waals surface area contributed by atoms with Crippen molar-refractivity contribution in [3.05, 3.63) is 24.3 Å². The minimum atomic E-state index is 0.739. The van der Waals surface area contributed by atoms with E-state index in [1.807, 2.05) is 12.1 Å². The van der Waals surface area contributed by atoms with E-state index >= 15 is 0 Å². The molecule has 1 aromatic carbocycles. The molecule has 3 nitrogen and oxygen atoms in total. The molecule has 1 N–H and O–H groups in total. The molecule has 74 valence electrons. The summed E-state index contributed by atoms with van der Waals surface area (Å²) in [5, 5.41) is 3.38. The van der Waals surface area contributed by atoms with E-state index in [1.165, 1.54) is 5.69 Å². The first kappa shape index (κ1) is 8.12. The van der Waals surface area contributed by atoms with Gasteiger partial charge in [0, 0.05) is 18.8 Å². The maximum absolute atomic E-state index is 5.13. The van der Waals surface area contributed by atoms with E-state index in [0.29, 0.717) is 0 Å². The number of piperazine rings is 1. The maximum atomic E-state index is 5.13. The molecule has 0 bridgehead atoms. The van der Waals surface area contributed by atoms with Crippen molar-refractivity contribution in [3.8, 4) is 5.75 Å². The van der Waals surface area contributed by atoms with Crippen molar-refractivity contribution in [2.45, 2.75) is 12.1 Å². The minimum absolute atomic E-state index is 0.739. The summed E-state index contributed by atoms with van der Waals surface area (Å²) >= 11 is 0. The quantitative estimate of drug-likeness (QED) is 0.700. The summed E-state index contributed by atoms with van der Waals surface area (Å²) in [7, 11) is 1.70. The van der Waals surface area contributed by atoms with Crippen molar-refractivity contribution in [1.29, 1.82) is 0 Å². The Morgan fingerprint density at radius 2 is 1.86 bits per heavy atom. The Balaban J connectivity index is 1.78. The van der Waals surface area contributed by atoms with Crippen LogP contribution in [0.4, 0.5) is 5.69 Å². The van der Waals surface area contributed by atoms with Crippen molar-refractivity contribution in [1.82, 2.24) is 5.32 Å². The van der Waals surface area contributed by atoms with Gasteiger partial charge < -0.3 is 15.0 Å². The van der Waals surface area contributed by atoms with E-state index in [4.69, 9.17) is 4.74 Å². The number of anilines is 1. The zero-order valence-electron chi connectivity index (χ0n) is 8.23. The average molecular weight is 190 g/mol. The molecule has 3 rings (SSSR count). The third-order valence-electron chi connectivity index (χ3n) is 3.15. The van der Waals surface area contributed by atoms with Gasteiger partial charge in [-0.25, -0.2) is 0 Å². The maximum Gasteiger partial charge on any atom is 0.119 e. The zero-order valence-corrected chi connectivity index (χ0v) is 8.23. The smallest absolute Gasteiger partial charge is 0.119 e. The predicted octanol–water partition coefficient (Wildman–Crippen LogP) is 0.856. The lowest BCUT2D eigenvalue weighted by Crippen LogP contribution is -2.22. The standard InChI is InChI=1S/C11H14N2O/c1-14-9-4-2-8(3-5-9)13-10-6-12-7-11(10)13/h2-5,10-12H,6-7H2,1H3. The van der Waals surface area contributed by atoms with Crippen molar-refractivity contribution in [2.75, 3.05) is 25.1 Å². The second-order valence-electron chi connectivity index (χ2n) is 3.90. The van der Waals surface area contributed by atoms with Crippen LogP contribution in [0.15, 0.2) is 24.3 Å². The fraction of sp³-hybridized carbons (Fsp3) is 0.455. The molecule has 0 spiro atoms. The number of nitrogens with one attached hydrogen (secondary N) is 1. The van der Waals surface area contributed by atoms with Crippen molar-refractivity contribution in [2.24, 2.45) is 0 Å². The van der Waals surface area contributed by atoms with Crippen molar-refractivity contribution in [3.63, 3.8) is 0 Å². The van der Waals surface area contributed by atoms with Gasteiger partial charge in [0.15, 0.2) is 0 Å². The van der Waals surface area contributed by atoms with Crippen LogP contribution in [0.1, 0.15) is 0 Å². The number of hydrogen-bond donors (Lipinski definition) is 1. The van der Waals surface area contributed by atoms with E-state index in [-0.39, 0.29) is 0 Å². The Bertz CT molecular complexity index is 326. The highest BCUT2D eigenvalue weighted by atomic mass is 16.5. The van der Waals surface area contributed by atoms with E-state index in [2.05, 4.69) is 22.3 Å². The molecule has 2 unspecified atom stereocenters. The lowest BCUT2D eigenvalue weighted by molar-refractivity contribution is 0.415. The number of fused-ring (bicyclic) bond motifs is 1. The molecular formula is C11H14N2O. The van der Waals surface area contributed by atoms with Crippen LogP contribution < -0.4 is 15.0 Å². The van der Waals surface area contributed by atoms with Gasteiger partial charge in [0.05, 0.1) is 19.2 Å². The minimum Gasteiger partial charge on any atom is -0.497 e. The van der Waals surface area contributed by atoms with Crippen LogP contribution in [-0.2, 0) is 0 Å². The topological polar surface area (TPSA) is 24.3 Å². The monoisotopic (exact) mass is 190 g/mol. The molecule has 0 aromatic heterocycles. The fourth-order valence-corrected chi connectivity index (χ4v) is 2.32. The molecule has 2 fully saturated rings. The van der Waals surface area contributed by atoms with Gasteiger partial charge in [0.1, 0.15) is 5.75 Å². The van der Waals surface area contributed by atoms with Crippen LogP contribution in [0.5, 0.6) is 5.75 Å². The Labute approximate surface area is 83.7 Å². The van der Waals surface area contributed by atoms with Crippen molar-refractivity contribution >= 4 is 5.69 Å². The van der Waals surface area contributed by atoms with Crippen LogP contribution in [-0.4, -0.2) is 32.3 Å². The van der Waals surface area contributed by atoms with E-state index < -0.39 is 0 Å². The van der Waals surface area contributed by atoms with Crippen LogP contribution in [0.2, 0.25) is 0 Å². The van der Waals surface area contributed by atoms with E-state index in [1.54, 1.807) is 7.11 Å². The number of methoxy groups -OCH3 is 1. The van der Waals surface area contributed by atoms with Gasteiger partial charge in [-0.15, -0.1) is 0 Å². The molecular weight excluding hydrogens is 176 g/mol. The SMILES string of the molecule is COc1ccc(N2C3CNCC32)cc1. The number of ether oxygens (including phenoxy) is 1. The van der Waals surface area contributed by atoms with Gasteiger partial charge in [0.25, 0.3) is 0 Å². The molecule has 14 heavy (non-hydrogen) atoms. The lowest BCUT2D eigenvalue weighted by Gasteiger charge is -2.10. The van der Waals surface area contributed by atoms with E-state index in [0.717, 1.165) is 30.9 Å². The van der Waals surface area contributed by atoms with Gasteiger partial charge in [-0.1, -0.05) is 0 Å². The Morgan fingerprint density at radius 3 is 2.43 bits per heavy atom. The number of benzene rings is 1. The van der Waals surface area contributed by atoms with Gasteiger partial charge in [-0.05, 0) is 24.3 Å². The third kappa shape index (κ3) is 1.09. The highest BCUT2D eigenvalue weighted by Gasteiger charge is 2.50. The number of rotatable bonds is 2.